The molecule has 0 rings (SSSR count). The fourth-order valence-electron chi connectivity index (χ4n) is 1.45. The summed E-state index contributed by atoms with van der Waals surface area (Å²) >= 11 is 0. The van der Waals surface area contributed by atoms with Crippen LogP contribution in [0, 0.1) is 11.8 Å². The van der Waals surface area contributed by atoms with Crippen LogP contribution in [0.1, 0.15) is 40.5 Å². The average molecular weight is 228 g/mol. The second-order valence-corrected chi connectivity index (χ2v) is 4.79. The van der Waals surface area contributed by atoms with Crippen molar-refractivity contribution in [2.75, 3.05) is 0 Å². The molecule has 3 N–H and O–H groups in total. The zero-order chi connectivity index (χ0) is 12.7. The van der Waals surface area contributed by atoms with E-state index in [0.29, 0.717) is 12.3 Å². The van der Waals surface area contributed by atoms with Crippen LogP contribution in [0.4, 0.5) is 0 Å². The van der Waals surface area contributed by atoms with E-state index in [4.69, 9.17) is 5.73 Å². The third kappa shape index (κ3) is 5.26. The summed E-state index contributed by atoms with van der Waals surface area (Å²) in [5.74, 6) is 0.290. The van der Waals surface area contributed by atoms with E-state index in [9.17, 15) is 9.59 Å². The summed E-state index contributed by atoms with van der Waals surface area (Å²) in [5.41, 5.74) is 5.73. The maximum atomic E-state index is 11.7. The first-order valence-electron chi connectivity index (χ1n) is 5.93. The molecule has 1 amide bonds. The smallest absolute Gasteiger partial charge is 0.237 e. The van der Waals surface area contributed by atoms with Gasteiger partial charge in [-0.05, 0) is 18.3 Å². The zero-order valence-electron chi connectivity index (χ0n) is 10.7. The fourth-order valence-corrected chi connectivity index (χ4v) is 1.45. The number of rotatable bonds is 7. The van der Waals surface area contributed by atoms with E-state index < -0.39 is 12.1 Å². The van der Waals surface area contributed by atoms with Crippen molar-refractivity contribution in [3.63, 3.8) is 0 Å². The van der Waals surface area contributed by atoms with E-state index in [-0.39, 0.29) is 11.8 Å². The van der Waals surface area contributed by atoms with Crippen molar-refractivity contribution in [3.05, 3.63) is 0 Å². The molecule has 0 aromatic rings. The number of carbonyl (C=O) groups excluding carboxylic acids is 2. The SMILES string of the molecule is CC[C@@H](C)[C@H](C=O)NC(=O)[C@H](N)CC(C)C. The van der Waals surface area contributed by atoms with Crippen LogP contribution in [0.25, 0.3) is 0 Å². The maximum absolute atomic E-state index is 11.7. The van der Waals surface area contributed by atoms with E-state index in [0.717, 1.165) is 12.7 Å². The van der Waals surface area contributed by atoms with Crippen LogP contribution >= 0.6 is 0 Å². The predicted octanol–water partition coefficient (Wildman–Crippen LogP) is 1.09. The monoisotopic (exact) mass is 228 g/mol. The van der Waals surface area contributed by atoms with Gasteiger partial charge in [-0.15, -0.1) is 0 Å². The molecule has 16 heavy (non-hydrogen) atoms. The van der Waals surface area contributed by atoms with E-state index in [1.807, 2.05) is 27.7 Å². The summed E-state index contributed by atoms with van der Waals surface area (Å²) in [6, 6.07) is -0.942. The van der Waals surface area contributed by atoms with E-state index in [2.05, 4.69) is 5.32 Å². The molecule has 0 aromatic heterocycles. The predicted molar refractivity (Wildman–Crippen MR) is 64.9 cm³/mol. The Morgan fingerprint density at radius 3 is 2.31 bits per heavy atom. The number of hydrogen-bond donors (Lipinski definition) is 2. The van der Waals surface area contributed by atoms with Crippen LogP contribution < -0.4 is 11.1 Å². The molecule has 0 saturated carbocycles. The molecular formula is C12H24N2O2. The molecule has 0 spiro atoms. The lowest BCUT2D eigenvalue weighted by atomic mass is 9.99. The van der Waals surface area contributed by atoms with Crippen molar-refractivity contribution in [3.8, 4) is 0 Å². The Morgan fingerprint density at radius 2 is 1.94 bits per heavy atom. The molecule has 0 unspecified atom stereocenters. The van der Waals surface area contributed by atoms with Crippen molar-refractivity contribution >= 4 is 12.2 Å². The van der Waals surface area contributed by atoms with Crippen LogP contribution in [-0.4, -0.2) is 24.3 Å². The lowest BCUT2D eigenvalue weighted by Crippen LogP contribution is -2.48. The first-order chi connectivity index (χ1) is 7.42. The van der Waals surface area contributed by atoms with E-state index in [1.165, 1.54) is 0 Å². The van der Waals surface area contributed by atoms with Gasteiger partial charge in [0.2, 0.25) is 5.91 Å². The Bertz CT molecular complexity index is 229. The molecule has 0 fully saturated rings. The Kier molecular flexibility index (Phi) is 6.97. The standard InChI is InChI=1S/C12H24N2O2/c1-5-9(4)11(7-15)14-12(16)10(13)6-8(2)3/h7-11H,5-6,13H2,1-4H3,(H,14,16)/t9-,10-,11+/m1/s1. The largest absolute Gasteiger partial charge is 0.345 e. The summed E-state index contributed by atoms with van der Waals surface area (Å²) < 4.78 is 0. The molecule has 0 heterocycles. The molecule has 0 aromatic carbocycles. The van der Waals surface area contributed by atoms with Gasteiger partial charge in [0.05, 0.1) is 12.1 Å². The van der Waals surface area contributed by atoms with Gasteiger partial charge in [0.15, 0.2) is 0 Å². The first-order valence-corrected chi connectivity index (χ1v) is 5.93. The number of nitrogens with one attached hydrogen (secondary N) is 1. The van der Waals surface area contributed by atoms with Gasteiger partial charge in [0.25, 0.3) is 0 Å². The van der Waals surface area contributed by atoms with Crippen LogP contribution in [0.2, 0.25) is 0 Å². The summed E-state index contributed by atoms with van der Waals surface area (Å²) in [6.07, 6.45) is 2.27. The topological polar surface area (TPSA) is 72.2 Å². The molecule has 0 aliphatic heterocycles. The highest BCUT2D eigenvalue weighted by Crippen LogP contribution is 2.07. The first kappa shape index (κ1) is 15.1. The van der Waals surface area contributed by atoms with Gasteiger partial charge >= 0.3 is 0 Å². The maximum Gasteiger partial charge on any atom is 0.237 e. The molecule has 94 valence electrons. The summed E-state index contributed by atoms with van der Waals surface area (Å²) in [5, 5.41) is 2.69. The van der Waals surface area contributed by atoms with Crippen LogP contribution in [0.3, 0.4) is 0 Å². The summed E-state index contributed by atoms with van der Waals surface area (Å²) in [6.45, 7) is 7.95. The molecule has 0 aliphatic rings. The molecule has 0 aliphatic carbocycles. The highest BCUT2D eigenvalue weighted by atomic mass is 16.2. The lowest BCUT2D eigenvalue weighted by molar-refractivity contribution is -0.126. The van der Waals surface area contributed by atoms with Crippen molar-refractivity contribution in [1.82, 2.24) is 5.32 Å². The number of amides is 1. The summed E-state index contributed by atoms with van der Waals surface area (Å²) in [4.78, 5) is 22.5. The van der Waals surface area contributed by atoms with E-state index >= 15 is 0 Å². The summed E-state index contributed by atoms with van der Waals surface area (Å²) in [7, 11) is 0. The minimum atomic E-state index is -0.522. The second-order valence-electron chi connectivity index (χ2n) is 4.79. The van der Waals surface area contributed by atoms with Gasteiger partial charge in [0.1, 0.15) is 6.29 Å². The molecule has 4 nitrogen and oxygen atoms in total. The minimum Gasteiger partial charge on any atom is -0.345 e. The number of aldehydes is 1. The second kappa shape index (κ2) is 7.39. The number of carbonyl (C=O) groups is 2. The Morgan fingerprint density at radius 1 is 1.38 bits per heavy atom. The minimum absolute atomic E-state index is 0.146. The fraction of sp³-hybridized carbons (Fsp3) is 0.833. The van der Waals surface area contributed by atoms with Crippen molar-refractivity contribution in [2.45, 2.75) is 52.6 Å². The Hall–Kier alpha value is -0.900. The van der Waals surface area contributed by atoms with Gasteiger partial charge in [-0.25, -0.2) is 0 Å². The van der Waals surface area contributed by atoms with Gasteiger partial charge in [-0.1, -0.05) is 34.1 Å². The quantitative estimate of drug-likeness (QED) is 0.641. The highest BCUT2D eigenvalue weighted by molar-refractivity contribution is 5.84. The van der Waals surface area contributed by atoms with Crippen LogP contribution in [0.5, 0.6) is 0 Å². The molecule has 0 radical (unpaired) electrons. The average Bonchev–Trinajstić information content (AvgIpc) is 2.23. The van der Waals surface area contributed by atoms with Crippen molar-refractivity contribution in [2.24, 2.45) is 17.6 Å². The lowest BCUT2D eigenvalue weighted by Gasteiger charge is -2.21. The Labute approximate surface area is 98.0 Å². The highest BCUT2D eigenvalue weighted by Gasteiger charge is 2.21. The van der Waals surface area contributed by atoms with Gasteiger partial charge < -0.3 is 15.8 Å². The van der Waals surface area contributed by atoms with Crippen molar-refractivity contribution in [1.29, 1.82) is 0 Å². The van der Waals surface area contributed by atoms with Crippen LogP contribution in [0.15, 0.2) is 0 Å². The van der Waals surface area contributed by atoms with Gasteiger partial charge in [-0.3, -0.25) is 4.79 Å². The molecular weight excluding hydrogens is 204 g/mol. The third-order valence-corrected chi connectivity index (χ3v) is 2.77. The normalized spacial score (nSPS) is 16.6. The number of nitrogens with two attached hydrogens (primary N) is 1. The van der Waals surface area contributed by atoms with Gasteiger partial charge in [0, 0.05) is 0 Å². The van der Waals surface area contributed by atoms with Crippen LogP contribution in [-0.2, 0) is 9.59 Å². The molecule has 0 saturated heterocycles. The van der Waals surface area contributed by atoms with Gasteiger partial charge in [-0.2, -0.15) is 0 Å². The van der Waals surface area contributed by atoms with Crippen molar-refractivity contribution < 1.29 is 9.59 Å². The molecule has 3 atom stereocenters. The number of hydrogen-bond acceptors (Lipinski definition) is 3. The van der Waals surface area contributed by atoms with E-state index in [1.54, 1.807) is 0 Å². The third-order valence-electron chi connectivity index (χ3n) is 2.77. The molecule has 4 heteroatoms. The Balaban J connectivity index is 4.24. The molecule has 0 bridgehead atoms. The zero-order valence-corrected chi connectivity index (χ0v) is 10.7.